The molecule has 0 unspecified atom stereocenters. The van der Waals surface area contributed by atoms with Crippen LogP contribution in [-0.4, -0.2) is 0 Å². The molecule has 0 aliphatic heterocycles. The van der Waals surface area contributed by atoms with Crippen LogP contribution in [0.3, 0.4) is 0 Å². The molecule has 0 saturated carbocycles. The number of para-hydroxylation sites is 1. The van der Waals surface area contributed by atoms with Gasteiger partial charge in [-0.2, -0.15) is 0 Å². The Morgan fingerprint density at radius 1 is 0.276 bits per heavy atom. The lowest BCUT2D eigenvalue weighted by atomic mass is 9.81. The molecular formula is C57H43N. The summed E-state index contributed by atoms with van der Waals surface area (Å²) in [4.78, 5) is 2.44. The van der Waals surface area contributed by atoms with Crippen LogP contribution in [0.25, 0.3) is 66.8 Å². The Hall–Kier alpha value is -7.22. The minimum atomic E-state index is -0.198. The fourth-order valence-corrected chi connectivity index (χ4v) is 8.78. The molecule has 1 aliphatic carbocycles. The first-order valence-electron chi connectivity index (χ1n) is 20.2. The van der Waals surface area contributed by atoms with Crippen LogP contribution in [0, 0.1) is 0 Å². The topological polar surface area (TPSA) is 3.24 Å². The number of nitrogens with zero attached hydrogens (tertiary/aromatic N) is 1. The van der Waals surface area contributed by atoms with Gasteiger partial charge in [-0.05, 0) is 109 Å². The first-order valence-corrected chi connectivity index (χ1v) is 20.2. The Morgan fingerprint density at radius 2 is 0.638 bits per heavy atom. The predicted molar refractivity (Wildman–Crippen MR) is 246 cm³/mol. The minimum absolute atomic E-state index is 0.198. The summed E-state index contributed by atoms with van der Waals surface area (Å²) in [6.07, 6.45) is 0. The van der Waals surface area contributed by atoms with Gasteiger partial charge in [0.15, 0.2) is 0 Å². The third-order valence-electron chi connectivity index (χ3n) is 11.9. The van der Waals surface area contributed by atoms with E-state index in [4.69, 9.17) is 0 Å². The van der Waals surface area contributed by atoms with E-state index in [0.29, 0.717) is 0 Å². The summed E-state index contributed by atoms with van der Waals surface area (Å²) in [6, 6.07) is 81.7. The van der Waals surface area contributed by atoms with Gasteiger partial charge < -0.3 is 4.90 Å². The molecule has 9 aromatic rings. The summed E-state index contributed by atoms with van der Waals surface area (Å²) in [6.45, 7) is 4.76. The summed E-state index contributed by atoms with van der Waals surface area (Å²) in [7, 11) is 0. The normalized spacial score (nSPS) is 12.4. The van der Waals surface area contributed by atoms with Crippen molar-refractivity contribution in [2.45, 2.75) is 19.3 Å². The van der Waals surface area contributed by atoms with E-state index in [2.05, 4.69) is 243 Å². The van der Waals surface area contributed by atoms with Gasteiger partial charge >= 0.3 is 0 Å². The number of hydrogen-bond donors (Lipinski definition) is 0. The van der Waals surface area contributed by atoms with Crippen LogP contribution >= 0.6 is 0 Å². The molecular weight excluding hydrogens is 699 g/mol. The molecule has 1 nitrogen and oxygen atoms in total. The second kappa shape index (κ2) is 14.7. The van der Waals surface area contributed by atoms with Crippen LogP contribution in [0.15, 0.2) is 224 Å². The van der Waals surface area contributed by atoms with E-state index in [1.54, 1.807) is 0 Å². The highest BCUT2D eigenvalue weighted by Gasteiger charge is 2.36. The molecule has 0 radical (unpaired) electrons. The van der Waals surface area contributed by atoms with Crippen molar-refractivity contribution in [3.63, 3.8) is 0 Å². The second-order valence-corrected chi connectivity index (χ2v) is 15.8. The minimum Gasteiger partial charge on any atom is -0.310 e. The first-order chi connectivity index (χ1) is 28.5. The lowest BCUT2D eigenvalue weighted by Gasteiger charge is -2.30. The number of fused-ring (bicyclic) bond motifs is 3. The Labute approximate surface area is 342 Å². The van der Waals surface area contributed by atoms with Gasteiger partial charge in [0.2, 0.25) is 0 Å². The van der Waals surface area contributed by atoms with Crippen LogP contribution in [0.5, 0.6) is 0 Å². The van der Waals surface area contributed by atoms with E-state index in [0.717, 1.165) is 17.1 Å². The molecule has 0 fully saturated rings. The number of rotatable bonds is 8. The van der Waals surface area contributed by atoms with Crippen LogP contribution in [0.2, 0.25) is 0 Å². The van der Waals surface area contributed by atoms with Crippen molar-refractivity contribution in [3.8, 4) is 66.8 Å². The summed E-state index contributed by atoms with van der Waals surface area (Å²) in [5.41, 5.74) is 20.7. The Morgan fingerprint density at radius 3 is 1.17 bits per heavy atom. The molecule has 0 bridgehead atoms. The zero-order valence-electron chi connectivity index (χ0n) is 32.8. The second-order valence-electron chi connectivity index (χ2n) is 15.8. The lowest BCUT2D eigenvalue weighted by molar-refractivity contribution is 0.660. The van der Waals surface area contributed by atoms with Gasteiger partial charge in [0.25, 0.3) is 0 Å². The summed E-state index contributed by atoms with van der Waals surface area (Å²) >= 11 is 0. The van der Waals surface area contributed by atoms with Crippen molar-refractivity contribution in [2.75, 3.05) is 4.90 Å². The molecule has 0 saturated heterocycles. The van der Waals surface area contributed by atoms with Gasteiger partial charge in [0.05, 0.1) is 5.69 Å². The first kappa shape index (κ1) is 35.2. The average molecular weight is 742 g/mol. The summed E-state index contributed by atoms with van der Waals surface area (Å²) in [5.74, 6) is 0. The summed E-state index contributed by atoms with van der Waals surface area (Å²) < 4.78 is 0. The van der Waals surface area contributed by atoms with Crippen molar-refractivity contribution in [1.29, 1.82) is 0 Å². The maximum absolute atomic E-state index is 2.44. The number of benzene rings is 9. The molecule has 0 heterocycles. The fourth-order valence-electron chi connectivity index (χ4n) is 8.78. The van der Waals surface area contributed by atoms with Crippen LogP contribution in [-0.2, 0) is 5.41 Å². The molecule has 1 aliphatic rings. The third-order valence-corrected chi connectivity index (χ3v) is 11.9. The quantitative estimate of drug-likeness (QED) is 0.150. The number of anilines is 3. The standard InChI is InChI=1S/C57H43N/c1-57(2)54-38-48(46-24-22-43(23-25-46)40-14-6-3-7-15-40)32-36-52(54)53-37-35-50(39-55(53)57)58(49-33-30-45(31-34-49)42-18-10-5-11-19-42)56-21-13-12-20-51(56)47-28-26-44(27-29-47)41-16-8-4-9-17-41/h3-39H,1-2H3. The van der Waals surface area contributed by atoms with E-state index in [9.17, 15) is 0 Å². The fraction of sp³-hybridized carbons (Fsp3) is 0.0526. The maximum Gasteiger partial charge on any atom is 0.0540 e. The largest absolute Gasteiger partial charge is 0.310 e. The van der Waals surface area contributed by atoms with E-state index >= 15 is 0 Å². The molecule has 10 rings (SSSR count). The van der Waals surface area contributed by atoms with Crippen molar-refractivity contribution in [2.24, 2.45) is 0 Å². The van der Waals surface area contributed by atoms with Gasteiger partial charge in [-0.25, -0.2) is 0 Å². The van der Waals surface area contributed by atoms with Crippen LogP contribution in [0.1, 0.15) is 25.0 Å². The smallest absolute Gasteiger partial charge is 0.0540 e. The third kappa shape index (κ3) is 6.41. The maximum atomic E-state index is 2.44. The zero-order valence-corrected chi connectivity index (χ0v) is 32.8. The van der Waals surface area contributed by atoms with Gasteiger partial charge in [-0.15, -0.1) is 0 Å². The van der Waals surface area contributed by atoms with Gasteiger partial charge in [-0.3, -0.25) is 0 Å². The Balaban J connectivity index is 1.05. The van der Waals surface area contributed by atoms with Gasteiger partial charge in [0.1, 0.15) is 0 Å². The molecule has 0 aromatic heterocycles. The SMILES string of the molecule is CC1(C)c2cc(-c3ccc(-c4ccccc4)cc3)ccc2-c2ccc(N(c3ccc(-c4ccccc4)cc3)c3ccccc3-c3ccc(-c4ccccc4)cc3)cc21. The van der Waals surface area contributed by atoms with Crippen molar-refractivity contribution >= 4 is 17.1 Å². The van der Waals surface area contributed by atoms with Gasteiger partial charge in [-0.1, -0.05) is 202 Å². The predicted octanol–water partition coefficient (Wildman–Crippen LogP) is 15.8. The highest BCUT2D eigenvalue weighted by molar-refractivity contribution is 5.92. The molecule has 58 heavy (non-hydrogen) atoms. The van der Waals surface area contributed by atoms with Crippen molar-refractivity contribution in [3.05, 3.63) is 236 Å². The molecule has 0 atom stereocenters. The molecule has 9 aromatic carbocycles. The van der Waals surface area contributed by atoms with E-state index in [1.807, 2.05) is 0 Å². The molecule has 276 valence electrons. The average Bonchev–Trinajstić information content (AvgIpc) is 3.52. The number of hydrogen-bond acceptors (Lipinski definition) is 1. The van der Waals surface area contributed by atoms with E-state index in [1.165, 1.54) is 77.9 Å². The molecule has 0 spiro atoms. The lowest BCUT2D eigenvalue weighted by Crippen LogP contribution is -2.17. The van der Waals surface area contributed by atoms with Crippen molar-refractivity contribution < 1.29 is 0 Å². The molecule has 1 heteroatoms. The highest BCUT2D eigenvalue weighted by Crippen LogP contribution is 2.52. The summed E-state index contributed by atoms with van der Waals surface area (Å²) in [5, 5.41) is 0. The molecule has 0 amide bonds. The van der Waals surface area contributed by atoms with Crippen molar-refractivity contribution in [1.82, 2.24) is 0 Å². The zero-order chi connectivity index (χ0) is 39.1. The van der Waals surface area contributed by atoms with E-state index < -0.39 is 0 Å². The Bertz CT molecular complexity index is 2850. The van der Waals surface area contributed by atoms with Gasteiger partial charge in [0, 0.05) is 22.4 Å². The molecule has 0 N–H and O–H groups in total. The van der Waals surface area contributed by atoms with Crippen LogP contribution < -0.4 is 4.90 Å². The Kier molecular flexibility index (Phi) is 8.92. The highest BCUT2D eigenvalue weighted by atomic mass is 15.1. The van der Waals surface area contributed by atoms with Crippen LogP contribution in [0.4, 0.5) is 17.1 Å². The monoisotopic (exact) mass is 741 g/mol. The van der Waals surface area contributed by atoms with E-state index in [-0.39, 0.29) is 5.41 Å².